The Hall–Kier alpha value is -1.81. The zero-order chi connectivity index (χ0) is 12.4. The molecule has 4 nitrogen and oxygen atoms in total. The largest absolute Gasteiger partial charge is 0.421 e. The van der Waals surface area contributed by atoms with E-state index in [4.69, 9.17) is 4.42 Å². The van der Waals surface area contributed by atoms with Crippen molar-refractivity contribution in [1.29, 1.82) is 0 Å². The number of rotatable bonds is 1. The van der Waals surface area contributed by atoms with Gasteiger partial charge in [0.15, 0.2) is 0 Å². The number of fused-ring (bicyclic) bond motifs is 1. The first kappa shape index (κ1) is 11.3. The smallest absolute Gasteiger partial charge is 0.361 e. The van der Waals surface area contributed by atoms with Crippen LogP contribution in [0.1, 0.15) is 19.3 Å². The van der Waals surface area contributed by atoms with Crippen molar-refractivity contribution in [3.05, 3.63) is 40.8 Å². The molecule has 94 valence electrons. The normalized spacial score (nSPS) is 16.8. The predicted molar refractivity (Wildman–Crippen MR) is 71.7 cm³/mol. The van der Waals surface area contributed by atoms with E-state index in [9.17, 15) is 4.79 Å². The summed E-state index contributed by atoms with van der Waals surface area (Å²) >= 11 is 0. The van der Waals surface area contributed by atoms with Crippen LogP contribution in [-0.2, 0) is 0 Å². The summed E-state index contributed by atoms with van der Waals surface area (Å²) in [6, 6.07) is 9.49. The van der Waals surface area contributed by atoms with Crippen LogP contribution in [0.2, 0.25) is 0 Å². The Morgan fingerprint density at radius 3 is 3.00 bits per heavy atom. The Kier molecular flexibility index (Phi) is 3.02. The zero-order valence-electron chi connectivity index (χ0n) is 10.2. The lowest BCUT2D eigenvalue weighted by atomic mass is 10.2. The molecule has 1 aromatic heterocycles. The summed E-state index contributed by atoms with van der Waals surface area (Å²) in [6.07, 6.45) is 3.44. The van der Waals surface area contributed by atoms with Gasteiger partial charge in [-0.25, -0.2) is 10.2 Å². The van der Waals surface area contributed by atoms with E-state index >= 15 is 0 Å². The third kappa shape index (κ3) is 2.11. The molecule has 0 spiro atoms. The van der Waals surface area contributed by atoms with Crippen molar-refractivity contribution in [3.8, 4) is 0 Å². The van der Waals surface area contributed by atoms with Crippen LogP contribution in [0.3, 0.4) is 0 Å². The van der Waals surface area contributed by atoms with Crippen molar-refractivity contribution >= 4 is 16.7 Å². The zero-order valence-corrected chi connectivity index (χ0v) is 10.2. The maximum Gasteiger partial charge on any atom is 0.361 e. The van der Waals surface area contributed by atoms with Crippen LogP contribution in [0.25, 0.3) is 11.0 Å². The van der Waals surface area contributed by atoms with Crippen molar-refractivity contribution in [1.82, 2.24) is 5.43 Å². The Labute approximate surface area is 105 Å². The summed E-state index contributed by atoms with van der Waals surface area (Å²) in [4.78, 5) is 12.0. The van der Waals surface area contributed by atoms with Crippen molar-refractivity contribution in [2.75, 3.05) is 18.1 Å². The molecule has 3 rings (SSSR count). The van der Waals surface area contributed by atoms with Gasteiger partial charge in [-0.1, -0.05) is 24.6 Å². The Bertz CT molecular complexity index is 598. The van der Waals surface area contributed by atoms with Gasteiger partial charge in [0, 0.05) is 18.5 Å². The van der Waals surface area contributed by atoms with Gasteiger partial charge >= 0.3 is 5.63 Å². The average molecular weight is 244 g/mol. The van der Waals surface area contributed by atoms with E-state index in [2.05, 4.69) is 5.43 Å². The molecule has 0 radical (unpaired) electrons. The molecule has 0 atom stereocenters. The second kappa shape index (κ2) is 4.82. The van der Waals surface area contributed by atoms with E-state index in [1.807, 2.05) is 35.3 Å². The minimum Gasteiger partial charge on any atom is -0.421 e. The van der Waals surface area contributed by atoms with Crippen molar-refractivity contribution in [2.45, 2.75) is 19.3 Å². The van der Waals surface area contributed by atoms with E-state index in [1.54, 1.807) is 0 Å². The highest BCUT2D eigenvalue weighted by atomic mass is 16.4. The molecule has 0 amide bonds. The fraction of sp³-hybridized carbons (Fsp3) is 0.357. The lowest BCUT2D eigenvalue weighted by Gasteiger charge is -2.21. The van der Waals surface area contributed by atoms with E-state index in [1.165, 1.54) is 6.42 Å². The number of hydrogen-bond acceptors (Lipinski definition) is 4. The molecule has 2 aromatic rings. The summed E-state index contributed by atoms with van der Waals surface area (Å²) in [5.41, 5.74) is 4.25. The summed E-state index contributed by atoms with van der Waals surface area (Å²) in [5, 5.41) is 2.88. The fourth-order valence-electron chi connectivity index (χ4n) is 2.31. The van der Waals surface area contributed by atoms with Gasteiger partial charge in [0.1, 0.15) is 11.3 Å². The van der Waals surface area contributed by atoms with Gasteiger partial charge < -0.3 is 9.43 Å². The number of nitrogens with one attached hydrogen (secondary N) is 1. The molecule has 1 fully saturated rings. The van der Waals surface area contributed by atoms with Crippen LogP contribution >= 0.6 is 0 Å². The number of nitrogens with zero attached hydrogens (tertiary/aromatic N) is 1. The van der Waals surface area contributed by atoms with Crippen LogP contribution in [0.15, 0.2) is 39.5 Å². The monoisotopic (exact) mass is 244 g/mol. The van der Waals surface area contributed by atoms with Gasteiger partial charge in [0.2, 0.25) is 0 Å². The molecule has 1 saturated heterocycles. The maximum absolute atomic E-state index is 12.0. The molecular formula is C14H16N2O2. The fourth-order valence-corrected chi connectivity index (χ4v) is 2.31. The van der Waals surface area contributed by atoms with E-state index in [-0.39, 0.29) is 5.63 Å². The van der Waals surface area contributed by atoms with Crippen molar-refractivity contribution < 1.29 is 4.42 Å². The van der Waals surface area contributed by atoms with E-state index in [0.29, 0.717) is 11.3 Å². The molecule has 1 aliphatic rings. The van der Waals surface area contributed by atoms with Crippen LogP contribution in [0.4, 0.5) is 5.69 Å². The average Bonchev–Trinajstić information content (AvgIpc) is 2.66. The number of para-hydroxylation sites is 1. The molecule has 0 bridgehead atoms. The maximum atomic E-state index is 12.0. The third-order valence-electron chi connectivity index (χ3n) is 3.27. The number of hydrazine groups is 1. The number of hydrogen-bond donors (Lipinski definition) is 1. The van der Waals surface area contributed by atoms with Crippen LogP contribution in [-0.4, -0.2) is 13.1 Å². The molecule has 1 N–H and O–H groups in total. The molecule has 1 aromatic carbocycles. The quantitative estimate of drug-likeness (QED) is 0.782. The third-order valence-corrected chi connectivity index (χ3v) is 3.27. The van der Waals surface area contributed by atoms with E-state index < -0.39 is 0 Å². The Morgan fingerprint density at radius 2 is 2.06 bits per heavy atom. The lowest BCUT2D eigenvalue weighted by Crippen LogP contribution is -2.40. The molecule has 0 aliphatic carbocycles. The molecule has 2 heterocycles. The van der Waals surface area contributed by atoms with Gasteiger partial charge in [-0.2, -0.15) is 0 Å². The molecular weight excluding hydrogens is 228 g/mol. The first-order chi connectivity index (χ1) is 8.84. The van der Waals surface area contributed by atoms with Crippen LogP contribution in [0, 0.1) is 0 Å². The summed E-state index contributed by atoms with van der Waals surface area (Å²) in [6.45, 7) is 1.76. The molecule has 0 saturated carbocycles. The minimum atomic E-state index is -0.275. The van der Waals surface area contributed by atoms with Gasteiger partial charge in [0.25, 0.3) is 0 Å². The van der Waals surface area contributed by atoms with Crippen molar-refractivity contribution in [2.24, 2.45) is 0 Å². The van der Waals surface area contributed by atoms with Gasteiger partial charge in [0.05, 0.1) is 0 Å². The Balaban J connectivity index is 2.04. The second-order valence-electron chi connectivity index (χ2n) is 4.58. The number of benzene rings is 1. The highest BCUT2D eigenvalue weighted by Crippen LogP contribution is 2.18. The first-order valence-electron chi connectivity index (χ1n) is 6.38. The Morgan fingerprint density at radius 1 is 1.17 bits per heavy atom. The van der Waals surface area contributed by atoms with Gasteiger partial charge in [-0.15, -0.1) is 0 Å². The van der Waals surface area contributed by atoms with Crippen LogP contribution < -0.4 is 16.1 Å². The van der Waals surface area contributed by atoms with Crippen molar-refractivity contribution in [3.63, 3.8) is 0 Å². The van der Waals surface area contributed by atoms with E-state index in [0.717, 1.165) is 31.3 Å². The summed E-state index contributed by atoms with van der Waals surface area (Å²) in [7, 11) is 0. The lowest BCUT2D eigenvalue weighted by molar-refractivity contribution is 0.548. The predicted octanol–water partition coefficient (Wildman–Crippen LogP) is 2.29. The number of anilines is 1. The topological polar surface area (TPSA) is 45.5 Å². The van der Waals surface area contributed by atoms with Gasteiger partial charge in [-0.05, 0) is 25.0 Å². The highest BCUT2D eigenvalue weighted by molar-refractivity contribution is 5.79. The highest BCUT2D eigenvalue weighted by Gasteiger charge is 2.14. The minimum absolute atomic E-state index is 0.275. The summed E-state index contributed by atoms with van der Waals surface area (Å²) < 4.78 is 5.35. The first-order valence-corrected chi connectivity index (χ1v) is 6.38. The molecule has 1 aliphatic heterocycles. The second-order valence-corrected chi connectivity index (χ2v) is 4.58. The molecule has 18 heavy (non-hydrogen) atoms. The van der Waals surface area contributed by atoms with Crippen LogP contribution in [0.5, 0.6) is 0 Å². The summed E-state index contributed by atoms with van der Waals surface area (Å²) in [5.74, 6) is 0. The molecule has 0 unspecified atom stereocenters. The standard InChI is InChI=1S/C14H16N2O2/c17-14-12(16-9-5-1-4-8-15-16)10-11-6-2-3-7-13(11)18-14/h2-3,6-7,10,15H,1,4-5,8-9H2. The van der Waals surface area contributed by atoms with Gasteiger partial charge in [-0.3, -0.25) is 0 Å². The molecule has 4 heteroatoms. The SMILES string of the molecule is O=c1oc2ccccc2cc1N1CCCCCN1.